The molecule has 1 fully saturated rings. The zero-order valence-electron chi connectivity index (χ0n) is 10.9. The van der Waals surface area contributed by atoms with E-state index in [0.29, 0.717) is 9.50 Å². The number of nitrogens with one attached hydrogen (secondary N) is 1. The summed E-state index contributed by atoms with van der Waals surface area (Å²) < 4.78 is 13.8. The zero-order chi connectivity index (χ0) is 13.8. The number of likely N-dealkylation sites (N-methyl/N-ethyl adjacent to an activating group) is 1. The molecular weight excluding hydrogens is 333 g/mol. The Labute approximate surface area is 126 Å². The number of piperazine rings is 1. The van der Waals surface area contributed by atoms with Crippen molar-refractivity contribution < 1.29 is 4.39 Å². The van der Waals surface area contributed by atoms with Crippen LogP contribution in [0.25, 0.3) is 0 Å². The molecule has 19 heavy (non-hydrogen) atoms. The molecule has 2 rings (SSSR count). The predicted octanol–water partition coefficient (Wildman–Crippen LogP) is 2.90. The van der Waals surface area contributed by atoms with Gasteiger partial charge in [-0.2, -0.15) is 0 Å². The molecule has 0 aliphatic carbocycles. The van der Waals surface area contributed by atoms with Gasteiger partial charge in [-0.3, -0.25) is 4.90 Å². The van der Waals surface area contributed by atoms with Crippen LogP contribution in [0.3, 0.4) is 0 Å². The third-order valence-electron chi connectivity index (χ3n) is 3.33. The summed E-state index contributed by atoms with van der Waals surface area (Å²) in [6.07, 6.45) is 0. The van der Waals surface area contributed by atoms with E-state index in [0.717, 1.165) is 45.0 Å². The van der Waals surface area contributed by atoms with Crippen molar-refractivity contribution in [3.8, 4) is 0 Å². The van der Waals surface area contributed by atoms with Crippen LogP contribution in [0.15, 0.2) is 16.6 Å². The average Bonchev–Trinajstić information content (AvgIpc) is 2.34. The molecule has 0 bridgehead atoms. The second-order valence-electron chi connectivity index (χ2n) is 4.82. The van der Waals surface area contributed by atoms with E-state index in [4.69, 9.17) is 11.6 Å². The molecule has 1 saturated heterocycles. The fourth-order valence-corrected chi connectivity index (χ4v) is 3.08. The van der Waals surface area contributed by atoms with E-state index in [1.807, 2.05) is 0 Å². The summed E-state index contributed by atoms with van der Waals surface area (Å²) in [6, 6.07) is 2.74. The van der Waals surface area contributed by atoms with E-state index in [1.54, 1.807) is 0 Å². The highest BCUT2D eigenvalue weighted by Gasteiger charge is 2.13. The van der Waals surface area contributed by atoms with Gasteiger partial charge in [0.05, 0.1) is 10.7 Å². The minimum Gasteiger partial charge on any atom is -0.382 e. The van der Waals surface area contributed by atoms with Gasteiger partial charge >= 0.3 is 0 Å². The molecule has 1 aromatic rings. The van der Waals surface area contributed by atoms with E-state index >= 15 is 0 Å². The van der Waals surface area contributed by atoms with Gasteiger partial charge in [0, 0.05) is 43.7 Å². The van der Waals surface area contributed by atoms with Crippen LogP contribution in [-0.2, 0) is 0 Å². The maximum absolute atomic E-state index is 13.1. The Kier molecular flexibility index (Phi) is 5.45. The molecule has 6 heteroatoms. The molecule has 1 aliphatic rings. The number of nitrogens with zero attached hydrogens (tertiary/aromatic N) is 2. The summed E-state index contributed by atoms with van der Waals surface area (Å²) in [5.41, 5.74) is 0.761. The van der Waals surface area contributed by atoms with Gasteiger partial charge < -0.3 is 10.2 Å². The Bertz CT molecular complexity index is 413. The predicted molar refractivity (Wildman–Crippen MR) is 81.5 cm³/mol. The first kappa shape index (κ1) is 15.0. The smallest absolute Gasteiger partial charge is 0.125 e. The van der Waals surface area contributed by atoms with Crippen molar-refractivity contribution in [2.75, 3.05) is 51.6 Å². The molecule has 0 saturated carbocycles. The number of rotatable bonds is 4. The van der Waals surface area contributed by atoms with Crippen molar-refractivity contribution in [2.45, 2.75) is 0 Å². The van der Waals surface area contributed by atoms with Crippen molar-refractivity contribution in [2.24, 2.45) is 0 Å². The Morgan fingerprint density at radius 1 is 1.32 bits per heavy atom. The van der Waals surface area contributed by atoms with E-state index in [9.17, 15) is 4.39 Å². The number of benzene rings is 1. The van der Waals surface area contributed by atoms with Crippen molar-refractivity contribution in [3.05, 3.63) is 27.4 Å². The molecule has 1 heterocycles. The summed E-state index contributed by atoms with van der Waals surface area (Å²) in [5, 5.41) is 3.67. The molecule has 0 unspecified atom stereocenters. The molecule has 0 spiro atoms. The Balaban J connectivity index is 1.83. The fraction of sp³-hybridized carbons (Fsp3) is 0.538. The molecule has 0 amide bonds. The van der Waals surface area contributed by atoms with Crippen LogP contribution < -0.4 is 5.32 Å². The molecular formula is C13H18BrClFN3. The van der Waals surface area contributed by atoms with E-state index < -0.39 is 0 Å². The Morgan fingerprint density at radius 2 is 2.00 bits per heavy atom. The van der Waals surface area contributed by atoms with Gasteiger partial charge in [-0.15, -0.1) is 0 Å². The van der Waals surface area contributed by atoms with Crippen molar-refractivity contribution in [1.29, 1.82) is 0 Å². The molecule has 0 atom stereocenters. The SMILES string of the molecule is CN1CCN(CCNc2c(Cl)cc(F)cc2Br)CC1. The second-order valence-corrected chi connectivity index (χ2v) is 6.08. The van der Waals surface area contributed by atoms with Gasteiger partial charge in [-0.25, -0.2) is 4.39 Å². The van der Waals surface area contributed by atoms with E-state index in [2.05, 4.69) is 38.1 Å². The Morgan fingerprint density at radius 3 is 2.63 bits per heavy atom. The molecule has 1 N–H and O–H groups in total. The van der Waals surface area contributed by atoms with Crippen LogP contribution in [-0.4, -0.2) is 56.1 Å². The largest absolute Gasteiger partial charge is 0.382 e. The standard InChI is InChI=1S/C13H18BrClFN3/c1-18-4-6-19(7-5-18)3-2-17-13-11(14)8-10(16)9-12(13)15/h8-9,17H,2-7H2,1H3. The van der Waals surface area contributed by atoms with Crippen LogP contribution in [0.4, 0.5) is 10.1 Å². The minimum atomic E-state index is -0.332. The van der Waals surface area contributed by atoms with Crippen molar-refractivity contribution in [1.82, 2.24) is 9.80 Å². The lowest BCUT2D eigenvalue weighted by atomic mass is 10.3. The number of anilines is 1. The first-order valence-electron chi connectivity index (χ1n) is 6.35. The monoisotopic (exact) mass is 349 g/mol. The highest BCUT2D eigenvalue weighted by molar-refractivity contribution is 9.10. The number of hydrogen-bond acceptors (Lipinski definition) is 3. The van der Waals surface area contributed by atoms with Crippen LogP contribution in [0, 0.1) is 5.82 Å². The maximum Gasteiger partial charge on any atom is 0.125 e. The molecule has 1 aliphatic heterocycles. The van der Waals surface area contributed by atoms with Gasteiger partial charge in [-0.05, 0) is 35.1 Å². The molecule has 0 aromatic heterocycles. The van der Waals surface area contributed by atoms with E-state index in [1.165, 1.54) is 12.1 Å². The lowest BCUT2D eigenvalue weighted by Gasteiger charge is -2.32. The van der Waals surface area contributed by atoms with Crippen molar-refractivity contribution >= 4 is 33.2 Å². The molecule has 3 nitrogen and oxygen atoms in total. The second kappa shape index (κ2) is 6.88. The van der Waals surface area contributed by atoms with Gasteiger partial charge in [0.15, 0.2) is 0 Å². The fourth-order valence-electron chi connectivity index (χ4n) is 2.12. The van der Waals surface area contributed by atoms with Crippen molar-refractivity contribution in [3.63, 3.8) is 0 Å². The third-order valence-corrected chi connectivity index (χ3v) is 4.26. The molecule has 1 aromatic carbocycles. The van der Waals surface area contributed by atoms with E-state index in [-0.39, 0.29) is 5.82 Å². The van der Waals surface area contributed by atoms with Crippen LogP contribution in [0.2, 0.25) is 5.02 Å². The van der Waals surface area contributed by atoms with Gasteiger partial charge in [0.25, 0.3) is 0 Å². The Hall–Kier alpha value is -0.360. The maximum atomic E-state index is 13.1. The topological polar surface area (TPSA) is 18.5 Å². The third kappa shape index (κ3) is 4.31. The summed E-state index contributed by atoms with van der Waals surface area (Å²) in [5.74, 6) is -0.332. The van der Waals surface area contributed by atoms with Crippen LogP contribution in [0.1, 0.15) is 0 Å². The minimum absolute atomic E-state index is 0.332. The highest BCUT2D eigenvalue weighted by Crippen LogP contribution is 2.31. The summed E-state index contributed by atoms with van der Waals surface area (Å²) in [4.78, 5) is 4.75. The first-order chi connectivity index (χ1) is 9.06. The quantitative estimate of drug-likeness (QED) is 0.901. The zero-order valence-corrected chi connectivity index (χ0v) is 13.3. The highest BCUT2D eigenvalue weighted by atomic mass is 79.9. The number of halogens is 3. The van der Waals surface area contributed by atoms with Gasteiger partial charge in [0.2, 0.25) is 0 Å². The van der Waals surface area contributed by atoms with Crippen LogP contribution >= 0.6 is 27.5 Å². The summed E-state index contributed by atoms with van der Waals surface area (Å²) in [6.45, 7) is 6.18. The lowest BCUT2D eigenvalue weighted by molar-refractivity contribution is 0.158. The normalized spacial score (nSPS) is 17.7. The first-order valence-corrected chi connectivity index (χ1v) is 7.52. The summed E-state index contributed by atoms with van der Waals surface area (Å²) >= 11 is 9.35. The van der Waals surface area contributed by atoms with Gasteiger partial charge in [0.1, 0.15) is 5.82 Å². The van der Waals surface area contributed by atoms with Crippen LogP contribution in [0.5, 0.6) is 0 Å². The molecule has 106 valence electrons. The average molecular weight is 351 g/mol. The van der Waals surface area contributed by atoms with Gasteiger partial charge in [-0.1, -0.05) is 11.6 Å². The number of hydrogen-bond donors (Lipinski definition) is 1. The molecule has 0 radical (unpaired) electrons. The lowest BCUT2D eigenvalue weighted by Crippen LogP contribution is -2.45. The summed E-state index contributed by atoms with van der Waals surface area (Å²) in [7, 11) is 2.14.